The van der Waals surface area contributed by atoms with Crippen LogP contribution in [0.1, 0.15) is 63.0 Å². The van der Waals surface area contributed by atoms with Gasteiger partial charge in [-0.15, -0.1) is 0 Å². The highest BCUT2D eigenvalue weighted by atomic mass is 16.4. The molecular weight excluding hydrogens is 424 g/mol. The molecule has 3 rings (SSSR count). The fourth-order valence-corrected chi connectivity index (χ4v) is 3.76. The summed E-state index contributed by atoms with van der Waals surface area (Å²) in [7, 11) is 0. The summed E-state index contributed by atoms with van der Waals surface area (Å²) in [5.74, 6) is -1.93. The van der Waals surface area contributed by atoms with Gasteiger partial charge in [-0.1, -0.05) is 47.6 Å². The molecule has 33 heavy (non-hydrogen) atoms. The van der Waals surface area contributed by atoms with Gasteiger partial charge >= 0.3 is 12.0 Å². The van der Waals surface area contributed by atoms with Crippen LogP contribution in [0.3, 0.4) is 0 Å². The van der Waals surface area contributed by atoms with Crippen molar-refractivity contribution in [3.05, 3.63) is 63.4 Å². The normalized spacial score (nSPS) is 12.1. The molecule has 174 valence electrons. The number of carbonyl (C=O) groups is 2. The molecule has 0 radical (unpaired) electrons. The first-order chi connectivity index (χ1) is 15.1. The van der Waals surface area contributed by atoms with E-state index in [2.05, 4.69) is 5.32 Å². The number of amides is 1. The minimum absolute atomic E-state index is 0.0134. The zero-order valence-electron chi connectivity index (χ0n) is 19.5. The van der Waals surface area contributed by atoms with Crippen molar-refractivity contribution in [3.63, 3.8) is 0 Å². The van der Waals surface area contributed by atoms with Crippen LogP contribution < -0.4 is 10.7 Å². The molecule has 0 atom stereocenters. The lowest BCUT2D eigenvalue weighted by Crippen LogP contribution is -2.27. The number of aromatic nitrogens is 1. The summed E-state index contributed by atoms with van der Waals surface area (Å²) in [6.45, 7) is 11.8. The molecule has 0 bridgehead atoms. The zero-order valence-corrected chi connectivity index (χ0v) is 19.5. The molecule has 0 fully saturated rings. The van der Waals surface area contributed by atoms with E-state index >= 15 is 0 Å². The summed E-state index contributed by atoms with van der Waals surface area (Å²) in [4.78, 5) is 37.5. The monoisotopic (exact) mass is 452 g/mol. The number of benzene rings is 2. The number of anilines is 1. The van der Waals surface area contributed by atoms with E-state index < -0.39 is 34.2 Å². The van der Waals surface area contributed by atoms with E-state index in [0.717, 1.165) is 21.9 Å². The fraction of sp³-hybridized carbons (Fsp3) is 0.320. The fourth-order valence-electron chi connectivity index (χ4n) is 3.76. The van der Waals surface area contributed by atoms with Crippen molar-refractivity contribution in [2.75, 3.05) is 5.32 Å². The number of nitrogens with zero attached hydrogens (tertiary/aromatic N) is 1. The summed E-state index contributed by atoms with van der Waals surface area (Å²) in [6, 6.07) is 6.71. The van der Waals surface area contributed by atoms with Gasteiger partial charge < -0.3 is 20.6 Å². The third kappa shape index (κ3) is 4.41. The lowest BCUT2D eigenvalue weighted by atomic mass is 9.79. The third-order valence-corrected chi connectivity index (χ3v) is 5.45. The zero-order chi connectivity index (χ0) is 24.9. The van der Waals surface area contributed by atoms with Gasteiger partial charge in [-0.05, 0) is 40.2 Å². The van der Waals surface area contributed by atoms with Crippen molar-refractivity contribution in [2.24, 2.45) is 0 Å². The second-order valence-electron chi connectivity index (χ2n) is 10.1. The molecule has 1 aromatic heterocycles. The average molecular weight is 453 g/mol. The highest BCUT2D eigenvalue weighted by Gasteiger charge is 2.27. The molecule has 8 heteroatoms. The maximum Gasteiger partial charge on any atom is 0.341 e. The van der Waals surface area contributed by atoms with Crippen LogP contribution in [-0.4, -0.2) is 31.9 Å². The van der Waals surface area contributed by atoms with Gasteiger partial charge in [0.25, 0.3) is 0 Å². The quantitative estimate of drug-likeness (QED) is 0.443. The topological polar surface area (TPSA) is 129 Å². The number of hydrogen-bond acceptors (Lipinski definition) is 5. The predicted octanol–water partition coefficient (Wildman–Crippen LogP) is 4.79. The minimum Gasteiger partial charge on any atom is -0.508 e. The number of carboxylic acids is 1. The number of rotatable bonds is 2. The van der Waals surface area contributed by atoms with Gasteiger partial charge in [0, 0.05) is 18.0 Å². The molecular formula is C25H28N2O6. The number of hydrogen-bond donors (Lipinski definition) is 4. The number of pyridine rings is 1. The Labute approximate surface area is 191 Å². The molecule has 0 aliphatic rings. The van der Waals surface area contributed by atoms with Crippen molar-refractivity contribution in [3.8, 4) is 11.5 Å². The Morgan fingerprint density at radius 3 is 2.06 bits per heavy atom. The number of phenolic OH excluding ortho intramolecular Hbond substituents is 2. The number of fused-ring (bicyclic) bond motifs is 1. The summed E-state index contributed by atoms with van der Waals surface area (Å²) >= 11 is 0. The molecule has 8 nitrogen and oxygen atoms in total. The first-order valence-corrected chi connectivity index (χ1v) is 10.4. The predicted molar refractivity (Wildman–Crippen MR) is 127 cm³/mol. The summed E-state index contributed by atoms with van der Waals surface area (Å²) in [5, 5.41) is 32.7. The van der Waals surface area contributed by atoms with E-state index in [1.807, 2.05) is 47.6 Å². The van der Waals surface area contributed by atoms with Crippen LogP contribution in [0, 0.1) is 0 Å². The van der Waals surface area contributed by atoms with E-state index in [9.17, 15) is 29.7 Å². The first kappa shape index (κ1) is 23.8. The maximum atomic E-state index is 13.3. The van der Waals surface area contributed by atoms with E-state index in [4.69, 9.17) is 0 Å². The standard InChI is InChI=1S/C25H28N2O6/c1-24(2,3)14-10-15(25(4,5)6)19(29)11-16(14)26-23(33)27-12-13(22(31)32)21(30)20-17(27)8-7-9-18(20)28/h7-12,28-29H,1-6H3,(H,26,33)(H,31,32). The molecule has 0 aliphatic heterocycles. The Morgan fingerprint density at radius 1 is 0.909 bits per heavy atom. The third-order valence-electron chi connectivity index (χ3n) is 5.45. The lowest BCUT2D eigenvalue weighted by Gasteiger charge is -2.28. The molecule has 0 unspecified atom stereocenters. The molecule has 0 saturated heterocycles. The van der Waals surface area contributed by atoms with Gasteiger partial charge in [0.2, 0.25) is 5.43 Å². The van der Waals surface area contributed by atoms with Crippen molar-refractivity contribution in [2.45, 2.75) is 52.4 Å². The van der Waals surface area contributed by atoms with Crippen molar-refractivity contribution >= 4 is 28.6 Å². The SMILES string of the molecule is CC(C)(C)c1cc(C(C)(C)C)c(NC(=O)n2cc(C(=O)O)c(=O)c3c(O)cccc32)cc1O. The smallest absolute Gasteiger partial charge is 0.341 e. The largest absolute Gasteiger partial charge is 0.508 e. The number of phenols is 2. The van der Waals surface area contributed by atoms with Gasteiger partial charge in [-0.25, -0.2) is 9.59 Å². The summed E-state index contributed by atoms with van der Waals surface area (Å²) in [5.41, 5.74) is -0.384. The van der Waals surface area contributed by atoms with Crippen LogP contribution >= 0.6 is 0 Å². The van der Waals surface area contributed by atoms with Crippen LogP contribution in [-0.2, 0) is 10.8 Å². The molecule has 1 amide bonds. The molecule has 0 saturated carbocycles. The van der Waals surface area contributed by atoms with Gasteiger partial charge in [-0.2, -0.15) is 0 Å². The lowest BCUT2D eigenvalue weighted by molar-refractivity contribution is 0.0695. The Morgan fingerprint density at radius 2 is 1.52 bits per heavy atom. The summed E-state index contributed by atoms with van der Waals surface area (Å²) in [6.07, 6.45) is 0.932. The minimum atomic E-state index is -1.52. The maximum absolute atomic E-state index is 13.3. The Bertz CT molecular complexity index is 1340. The number of carbonyl (C=O) groups excluding carboxylic acids is 1. The molecule has 4 N–H and O–H groups in total. The average Bonchev–Trinajstić information content (AvgIpc) is 2.65. The molecule has 0 aliphatic carbocycles. The van der Waals surface area contributed by atoms with Gasteiger partial charge in [0.05, 0.1) is 10.9 Å². The van der Waals surface area contributed by atoms with Crippen molar-refractivity contribution in [1.29, 1.82) is 0 Å². The second-order valence-corrected chi connectivity index (χ2v) is 10.1. The molecule has 2 aromatic carbocycles. The second kappa shape index (κ2) is 7.95. The Balaban J connectivity index is 2.22. The van der Waals surface area contributed by atoms with Crippen molar-refractivity contribution < 1.29 is 24.9 Å². The van der Waals surface area contributed by atoms with E-state index in [1.54, 1.807) is 0 Å². The van der Waals surface area contributed by atoms with E-state index in [1.165, 1.54) is 24.3 Å². The Kier molecular flexibility index (Phi) is 5.75. The van der Waals surface area contributed by atoms with Crippen LogP contribution in [0.2, 0.25) is 0 Å². The number of nitrogens with one attached hydrogen (secondary N) is 1. The number of aromatic carboxylic acids is 1. The highest BCUT2D eigenvalue weighted by Crippen LogP contribution is 2.39. The van der Waals surface area contributed by atoms with Gasteiger partial charge in [0.1, 0.15) is 17.1 Å². The van der Waals surface area contributed by atoms with E-state index in [-0.39, 0.29) is 22.1 Å². The number of carboxylic acid groups (broad SMARTS) is 1. The Hall–Kier alpha value is -3.81. The van der Waals surface area contributed by atoms with Crippen LogP contribution in [0.15, 0.2) is 41.3 Å². The van der Waals surface area contributed by atoms with Crippen LogP contribution in [0.25, 0.3) is 10.9 Å². The highest BCUT2D eigenvalue weighted by molar-refractivity contribution is 6.02. The first-order valence-electron chi connectivity index (χ1n) is 10.4. The molecule has 3 aromatic rings. The van der Waals surface area contributed by atoms with E-state index in [0.29, 0.717) is 5.69 Å². The molecule has 1 heterocycles. The van der Waals surface area contributed by atoms with Crippen LogP contribution in [0.4, 0.5) is 10.5 Å². The number of aromatic hydroxyl groups is 2. The summed E-state index contributed by atoms with van der Waals surface area (Å²) < 4.78 is 0.973. The van der Waals surface area contributed by atoms with Gasteiger partial charge in [-0.3, -0.25) is 9.36 Å². The van der Waals surface area contributed by atoms with Crippen molar-refractivity contribution in [1.82, 2.24) is 4.57 Å². The van der Waals surface area contributed by atoms with Gasteiger partial charge in [0.15, 0.2) is 0 Å². The molecule has 0 spiro atoms. The van der Waals surface area contributed by atoms with Crippen LogP contribution in [0.5, 0.6) is 11.5 Å².